The van der Waals surface area contributed by atoms with Crippen molar-refractivity contribution in [2.24, 2.45) is 0 Å². The van der Waals surface area contributed by atoms with E-state index in [1.54, 1.807) is 13.1 Å². The molecular formula is C12H17N3O. The molecule has 1 fully saturated rings. The molecular weight excluding hydrogens is 202 g/mol. The molecule has 0 bridgehead atoms. The van der Waals surface area contributed by atoms with Crippen LogP contribution in [-0.4, -0.2) is 31.0 Å². The SMILES string of the molecule is CNC(=O)c1ccc(C2CCNCC2)cn1. The molecule has 86 valence electrons. The molecule has 2 N–H and O–H groups in total. The number of carbonyl (C=O) groups excluding carboxylic acids is 1. The van der Waals surface area contributed by atoms with Gasteiger partial charge in [0.15, 0.2) is 0 Å². The van der Waals surface area contributed by atoms with E-state index in [0.29, 0.717) is 11.6 Å². The van der Waals surface area contributed by atoms with Crippen LogP contribution in [-0.2, 0) is 0 Å². The van der Waals surface area contributed by atoms with E-state index >= 15 is 0 Å². The number of nitrogens with one attached hydrogen (secondary N) is 2. The van der Waals surface area contributed by atoms with Crippen LogP contribution in [0.25, 0.3) is 0 Å². The summed E-state index contributed by atoms with van der Waals surface area (Å²) >= 11 is 0. The molecule has 2 heterocycles. The molecule has 0 aliphatic carbocycles. The monoisotopic (exact) mass is 219 g/mol. The van der Waals surface area contributed by atoms with Crippen LogP contribution in [0.2, 0.25) is 0 Å². The van der Waals surface area contributed by atoms with Crippen molar-refractivity contribution in [3.8, 4) is 0 Å². The van der Waals surface area contributed by atoms with Crippen LogP contribution in [0.4, 0.5) is 0 Å². The highest BCUT2D eigenvalue weighted by atomic mass is 16.1. The molecule has 0 radical (unpaired) electrons. The summed E-state index contributed by atoms with van der Waals surface area (Å²) in [5.41, 5.74) is 1.73. The second-order valence-electron chi connectivity index (χ2n) is 4.08. The molecule has 0 aromatic carbocycles. The Balaban J connectivity index is 2.09. The van der Waals surface area contributed by atoms with E-state index in [0.717, 1.165) is 25.9 Å². The lowest BCUT2D eigenvalue weighted by atomic mass is 9.91. The van der Waals surface area contributed by atoms with Crippen molar-refractivity contribution in [3.05, 3.63) is 29.6 Å². The molecule has 0 unspecified atom stereocenters. The van der Waals surface area contributed by atoms with Crippen molar-refractivity contribution in [1.82, 2.24) is 15.6 Å². The van der Waals surface area contributed by atoms with Crippen molar-refractivity contribution >= 4 is 5.91 Å². The van der Waals surface area contributed by atoms with Crippen LogP contribution in [0.15, 0.2) is 18.3 Å². The summed E-state index contributed by atoms with van der Waals surface area (Å²) in [6, 6.07) is 3.82. The van der Waals surface area contributed by atoms with Gasteiger partial charge in [-0.25, -0.2) is 0 Å². The summed E-state index contributed by atoms with van der Waals surface area (Å²) in [6.07, 6.45) is 4.14. The van der Waals surface area contributed by atoms with Crippen molar-refractivity contribution in [2.75, 3.05) is 20.1 Å². The Bertz CT molecular complexity index is 355. The molecule has 0 atom stereocenters. The number of aromatic nitrogens is 1. The van der Waals surface area contributed by atoms with Crippen LogP contribution < -0.4 is 10.6 Å². The van der Waals surface area contributed by atoms with E-state index in [1.807, 2.05) is 12.3 Å². The summed E-state index contributed by atoms with van der Waals surface area (Å²) in [7, 11) is 1.62. The summed E-state index contributed by atoms with van der Waals surface area (Å²) in [5, 5.41) is 5.91. The van der Waals surface area contributed by atoms with Crippen molar-refractivity contribution in [1.29, 1.82) is 0 Å². The molecule has 1 aromatic rings. The fourth-order valence-corrected chi connectivity index (χ4v) is 2.06. The second-order valence-corrected chi connectivity index (χ2v) is 4.08. The molecule has 16 heavy (non-hydrogen) atoms. The van der Waals surface area contributed by atoms with Gasteiger partial charge in [-0.2, -0.15) is 0 Å². The normalized spacial score (nSPS) is 17.1. The minimum absolute atomic E-state index is 0.128. The van der Waals surface area contributed by atoms with Gasteiger partial charge in [0.05, 0.1) is 0 Å². The first kappa shape index (κ1) is 11.1. The topological polar surface area (TPSA) is 54.0 Å². The summed E-state index contributed by atoms with van der Waals surface area (Å²) < 4.78 is 0. The molecule has 1 saturated heterocycles. The Kier molecular flexibility index (Phi) is 3.51. The predicted molar refractivity (Wildman–Crippen MR) is 62.5 cm³/mol. The van der Waals surface area contributed by atoms with Crippen LogP contribution >= 0.6 is 0 Å². The second kappa shape index (κ2) is 5.07. The first-order valence-corrected chi connectivity index (χ1v) is 5.70. The van der Waals surface area contributed by atoms with Gasteiger partial charge < -0.3 is 10.6 Å². The summed E-state index contributed by atoms with van der Waals surface area (Å²) in [4.78, 5) is 15.5. The van der Waals surface area contributed by atoms with E-state index in [-0.39, 0.29) is 5.91 Å². The number of pyridine rings is 1. The van der Waals surface area contributed by atoms with Gasteiger partial charge in [-0.05, 0) is 43.5 Å². The zero-order valence-corrected chi connectivity index (χ0v) is 9.49. The average molecular weight is 219 g/mol. The zero-order chi connectivity index (χ0) is 11.4. The molecule has 1 aliphatic rings. The van der Waals surface area contributed by atoms with E-state index in [1.165, 1.54) is 5.56 Å². The molecule has 4 heteroatoms. The highest BCUT2D eigenvalue weighted by Gasteiger charge is 2.15. The van der Waals surface area contributed by atoms with Gasteiger partial charge in [0.1, 0.15) is 5.69 Å². The maximum absolute atomic E-state index is 11.3. The standard InChI is InChI=1S/C12H17N3O/c1-13-12(16)11-3-2-10(8-15-11)9-4-6-14-7-5-9/h2-3,8-9,14H,4-7H2,1H3,(H,13,16). The number of piperidine rings is 1. The lowest BCUT2D eigenvalue weighted by Gasteiger charge is -2.22. The van der Waals surface area contributed by atoms with Gasteiger partial charge in [-0.1, -0.05) is 6.07 Å². The van der Waals surface area contributed by atoms with E-state index in [9.17, 15) is 4.79 Å². The first-order chi connectivity index (χ1) is 7.81. The third kappa shape index (κ3) is 2.39. The first-order valence-electron chi connectivity index (χ1n) is 5.70. The zero-order valence-electron chi connectivity index (χ0n) is 9.49. The van der Waals surface area contributed by atoms with E-state index < -0.39 is 0 Å². The van der Waals surface area contributed by atoms with E-state index in [2.05, 4.69) is 15.6 Å². The predicted octanol–water partition coefficient (Wildman–Crippen LogP) is 0.908. The Morgan fingerprint density at radius 3 is 2.75 bits per heavy atom. The van der Waals surface area contributed by atoms with Crippen LogP contribution in [0.3, 0.4) is 0 Å². The Morgan fingerprint density at radius 2 is 2.19 bits per heavy atom. The van der Waals surface area contributed by atoms with Gasteiger partial charge in [0, 0.05) is 13.2 Å². The Morgan fingerprint density at radius 1 is 1.44 bits per heavy atom. The fraction of sp³-hybridized carbons (Fsp3) is 0.500. The summed E-state index contributed by atoms with van der Waals surface area (Å²) in [6.45, 7) is 2.14. The average Bonchev–Trinajstić information content (AvgIpc) is 2.39. The Hall–Kier alpha value is -1.42. The number of hydrogen-bond acceptors (Lipinski definition) is 3. The highest BCUT2D eigenvalue weighted by Crippen LogP contribution is 2.24. The van der Waals surface area contributed by atoms with Crippen LogP contribution in [0.5, 0.6) is 0 Å². The Labute approximate surface area is 95.5 Å². The van der Waals surface area contributed by atoms with E-state index in [4.69, 9.17) is 0 Å². The van der Waals surface area contributed by atoms with Gasteiger partial charge in [-0.3, -0.25) is 9.78 Å². The largest absolute Gasteiger partial charge is 0.354 e. The van der Waals surface area contributed by atoms with Gasteiger partial charge in [0.2, 0.25) is 0 Å². The van der Waals surface area contributed by atoms with Gasteiger partial charge in [-0.15, -0.1) is 0 Å². The third-order valence-electron chi connectivity index (χ3n) is 3.06. The maximum atomic E-state index is 11.3. The number of hydrogen-bond donors (Lipinski definition) is 2. The third-order valence-corrected chi connectivity index (χ3v) is 3.06. The molecule has 1 aliphatic heterocycles. The molecule has 0 saturated carbocycles. The van der Waals surface area contributed by atoms with Crippen molar-refractivity contribution in [2.45, 2.75) is 18.8 Å². The smallest absolute Gasteiger partial charge is 0.269 e. The van der Waals surface area contributed by atoms with Gasteiger partial charge in [0.25, 0.3) is 5.91 Å². The maximum Gasteiger partial charge on any atom is 0.269 e. The molecule has 1 aromatic heterocycles. The molecule has 1 amide bonds. The molecule has 4 nitrogen and oxygen atoms in total. The summed E-state index contributed by atoms with van der Waals surface area (Å²) in [5.74, 6) is 0.462. The number of rotatable bonds is 2. The molecule has 0 spiro atoms. The van der Waals surface area contributed by atoms with Gasteiger partial charge >= 0.3 is 0 Å². The fourth-order valence-electron chi connectivity index (χ4n) is 2.06. The van der Waals surface area contributed by atoms with Crippen LogP contribution in [0, 0.1) is 0 Å². The minimum atomic E-state index is -0.128. The quantitative estimate of drug-likeness (QED) is 0.777. The minimum Gasteiger partial charge on any atom is -0.354 e. The highest BCUT2D eigenvalue weighted by molar-refractivity contribution is 5.91. The number of amides is 1. The van der Waals surface area contributed by atoms with Crippen molar-refractivity contribution in [3.63, 3.8) is 0 Å². The number of nitrogens with zero attached hydrogens (tertiary/aromatic N) is 1. The lowest BCUT2D eigenvalue weighted by molar-refractivity contribution is 0.0958. The molecule has 2 rings (SSSR count). The van der Waals surface area contributed by atoms with Crippen LogP contribution in [0.1, 0.15) is 34.8 Å². The lowest BCUT2D eigenvalue weighted by Crippen LogP contribution is -2.26. The number of carbonyl (C=O) groups is 1. The van der Waals surface area contributed by atoms with Crippen molar-refractivity contribution < 1.29 is 4.79 Å².